The number of halogens is 7. The van der Waals surface area contributed by atoms with Crippen LogP contribution in [0.4, 0.5) is 30.7 Å². The minimum Gasteiger partial charge on any atom is -0.535 e. The molecule has 0 saturated carbocycles. The van der Waals surface area contributed by atoms with Crippen LogP contribution in [0, 0.1) is 29.1 Å². The number of benzene rings is 2. The Kier molecular flexibility index (Phi) is 4.92. The molecular weight excluding hydrogens is 348 g/mol. The summed E-state index contributed by atoms with van der Waals surface area (Å²) in [6, 6.07) is 1.15. The summed E-state index contributed by atoms with van der Waals surface area (Å²) >= 11 is 0. The van der Waals surface area contributed by atoms with Crippen molar-refractivity contribution in [3.8, 4) is 11.5 Å². The summed E-state index contributed by atoms with van der Waals surface area (Å²) in [6.45, 7) is 0. The second kappa shape index (κ2) is 6.60. The highest BCUT2D eigenvalue weighted by Crippen LogP contribution is 2.36. The van der Waals surface area contributed by atoms with Crippen molar-refractivity contribution in [2.24, 2.45) is 0 Å². The van der Waals surface area contributed by atoms with E-state index in [4.69, 9.17) is 5.02 Å². The van der Waals surface area contributed by atoms with Gasteiger partial charge in [-0.05, 0) is 12.1 Å². The summed E-state index contributed by atoms with van der Waals surface area (Å²) < 4.78 is 102. The topological polar surface area (TPSA) is 38.7 Å². The van der Waals surface area contributed by atoms with E-state index in [1.807, 2.05) is 0 Å². The molecule has 2 aromatic rings. The fraction of sp³-hybridized carbons (Fsp3) is 0.0769. The predicted octanol–water partition coefficient (Wildman–Crippen LogP) is 3.42. The van der Waals surface area contributed by atoms with Gasteiger partial charge in [0.2, 0.25) is 0 Å². The molecule has 2 aromatic carbocycles. The van der Waals surface area contributed by atoms with Crippen molar-refractivity contribution in [2.45, 2.75) is 6.11 Å². The molecule has 1 N–H and O–H groups in total. The van der Waals surface area contributed by atoms with Gasteiger partial charge >= 0.3 is 13.8 Å². The summed E-state index contributed by atoms with van der Waals surface area (Å²) in [6.07, 6.45) is -4.55. The number of alkyl halides is 2. The van der Waals surface area contributed by atoms with E-state index in [2.05, 4.69) is 9.39 Å². The van der Waals surface area contributed by atoms with E-state index in [1.54, 1.807) is 0 Å². The van der Waals surface area contributed by atoms with E-state index >= 15 is 0 Å². The smallest absolute Gasteiger partial charge is 0.535 e. The second-order valence-corrected chi connectivity index (χ2v) is 4.28. The molecule has 1 radical (unpaired) electrons. The second-order valence-electron chi connectivity index (χ2n) is 4.28. The first-order valence-electron chi connectivity index (χ1n) is 5.99. The molecule has 0 saturated heterocycles. The van der Waals surface area contributed by atoms with Crippen molar-refractivity contribution >= 4 is 7.69 Å². The van der Waals surface area contributed by atoms with Crippen molar-refractivity contribution < 1.29 is 45.1 Å². The molecule has 0 amide bonds. The summed E-state index contributed by atoms with van der Waals surface area (Å²) in [7, 11) is -0.00373. The van der Waals surface area contributed by atoms with Crippen LogP contribution in [0.3, 0.4) is 0 Å². The van der Waals surface area contributed by atoms with Crippen LogP contribution in [0.2, 0.25) is 0 Å². The van der Waals surface area contributed by atoms with Gasteiger partial charge in [0.05, 0.1) is 0 Å². The molecule has 0 aliphatic heterocycles. The van der Waals surface area contributed by atoms with Gasteiger partial charge in [-0.2, -0.15) is 13.2 Å². The highest BCUT2D eigenvalue weighted by Gasteiger charge is 2.40. The standard InChI is InChI=1S/C13H5BF7O3/c15-7-3-5(4-8(16)11(7)18)23-13(20,21)6-1-2-9(24-14-22)12(19)10(6)17/h1-4,22H. The zero-order valence-corrected chi connectivity index (χ0v) is 11.3. The number of hydrogen-bond donors (Lipinski definition) is 1. The number of ether oxygens (including phenoxy) is 1. The maximum Gasteiger partial charge on any atom is 0.569 e. The average Bonchev–Trinajstić information content (AvgIpc) is 2.49. The lowest BCUT2D eigenvalue weighted by atomic mass is 10.1. The van der Waals surface area contributed by atoms with Gasteiger partial charge in [0.1, 0.15) is 17.1 Å². The largest absolute Gasteiger partial charge is 0.569 e. The lowest BCUT2D eigenvalue weighted by Crippen LogP contribution is -2.24. The molecule has 0 aliphatic carbocycles. The first-order chi connectivity index (χ1) is 11.2. The van der Waals surface area contributed by atoms with Crippen molar-refractivity contribution in [3.63, 3.8) is 0 Å². The van der Waals surface area contributed by atoms with Crippen molar-refractivity contribution in [3.05, 3.63) is 58.9 Å². The van der Waals surface area contributed by atoms with Gasteiger partial charge in [0.25, 0.3) is 0 Å². The van der Waals surface area contributed by atoms with E-state index < -0.39 is 52.3 Å². The lowest BCUT2D eigenvalue weighted by molar-refractivity contribution is -0.188. The zero-order chi connectivity index (χ0) is 18.1. The van der Waals surface area contributed by atoms with Crippen LogP contribution < -0.4 is 9.39 Å². The maximum absolute atomic E-state index is 13.9. The fourth-order valence-electron chi connectivity index (χ4n) is 1.70. The monoisotopic (exact) mass is 353 g/mol. The summed E-state index contributed by atoms with van der Waals surface area (Å²) in [4.78, 5) is 0. The Labute approximate surface area is 130 Å². The Balaban J connectivity index is 2.39. The Morgan fingerprint density at radius 1 is 0.875 bits per heavy atom. The Hall–Kier alpha value is -2.43. The van der Waals surface area contributed by atoms with Crippen LogP contribution in [0.1, 0.15) is 5.56 Å². The average molecular weight is 353 g/mol. The first-order valence-corrected chi connectivity index (χ1v) is 5.99. The zero-order valence-electron chi connectivity index (χ0n) is 11.3. The first kappa shape index (κ1) is 17.9. The fourth-order valence-corrected chi connectivity index (χ4v) is 1.70. The molecule has 127 valence electrons. The number of rotatable bonds is 5. The van der Waals surface area contributed by atoms with Gasteiger partial charge in [-0.1, -0.05) is 0 Å². The van der Waals surface area contributed by atoms with Crippen LogP contribution in [0.25, 0.3) is 0 Å². The minimum absolute atomic E-state index is 0.00373. The van der Waals surface area contributed by atoms with Crippen LogP contribution in [-0.2, 0) is 6.11 Å². The van der Waals surface area contributed by atoms with E-state index in [-0.39, 0.29) is 19.8 Å². The molecular formula is C13H5BF7O3. The molecule has 0 fully saturated rings. The lowest BCUT2D eigenvalue weighted by Gasteiger charge is -2.19. The van der Waals surface area contributed by atoms with Crippen LogP contribution >= 0.6 is 0 Å². The van der Waals surface area contributed by atoms with Crippen molar-refractivity contribution in [1.82, 2.24) is 0 Å². The Morgan fingerprint density at radius 3 is 2.00 bits per heavy atom. The maximum atomic E-state index is 13.9. The molecule has 2 rings (SSSR count). The summed E-state index contributed by atoms with van der Waals surface area (Å²) in [5.41, 5.74) is -1.62. The van der Waals surface area contributed by atoms with Gasteiger partial charge in [-0.15, -0.1) is 0 Å². The molecule has 0 spiro atoms. The van der Waals surface area contributed by atoms with E-state index in [1.165, 1.54) is 0 Å². The quantitative estimate of drug-likeness (QED) is 0.509. The van der Waals surface area contributed by atoms with Crippen LogP contribution in [0.15, 0.2) is 24.3 Å². The molecule has 24 heavy (non-hydrogen) atoms. The third-order valence-corrected chi connectivity index (χ3v) is 2.74. The van der Waals surface area contributed by atoms with Gasteiger partial charge in [-0.3, -0.25) is 0 Å². The number of hydrogen-bond acceptors (Lipinski definition) is 3. The molecule has 0 aromatic heterocycles. The molecule has 0 unspecified atom stereocenters. The van der Waals surface area contributed by atoms with Gasteiger partial charge in [0.15, 0.2) is 29.1 Å². The molecule has 0 heterocycles. The Bertz CT molecular complexity index is 746. The highest BCUT2D eigenvalue weighted by molar-refractivity contribution is 6.17. The molecule has 3 nitrogen and oxygen atoms in total. The van der Waals surface area contributed by atoms with Gasteiger partial charge in [0, 0.05) is 12.1 Å². The highest BCUT2D eigenvalue weighted by atomic mass is 19.3. The van der Waals surface area contributed by atoms with E-state index in [0.717, 1.165) is 0 Å². The third kappa shape index (κ3) is 3.40. The van der Waals surface area contributed by atoms with Crippen LogP contribution in [0.5, 0.6) is 11.5 Å². The minimum atomic E-state index is -4.55. The van der Waals surface area contributed by atoms with Crippen molar-refractivity contribution in [1.29, 1.82) is 0 Å². The van der Waals surface area contributed by atoms with Gasteiger partial charge < -0.3 is 14.4 Å². The van der Waals surface area contributed by atoms with E-state index in [9.17, 15) is 30.7 Å². The molecule has 0 atom stereocenters. The molecule has 11 heteroatoms. The third-order valence-electron chi connectivity index (χ3n) is 2.74. The van der Waals surface area contributed by atoms with Crippen molar-refractivity contribution in [2.75, 3.05) is 0 Å². The SMILES string of the molecule is O[B]Oc1ccc(C(F)(F)Oc2cc(F)c(F)c(F)c2)c(F)c1F. The normalized spacial score (nSPS) is 11.3. The summed E-state index contributed by atoms with van der Waals surface area (Å²) in [5, 5.41) is 8.32. The Morgan fingerprint density at radius 2 is 1.46 bits per heavy atom. The summed E-state index contributed by atoms with van der Waals surface area (Å²) in [5.74, 6) is -11.5. The predicted molar refractivity (Wildman–Crippen MR) is 65.8 cm³/mol. The van der Waals surface area contributed by atoms with E-state index in [0.29, 0.717) is 12.1 Å². The van der Waals surface area contributed by atoms with Gasteiger partial charge in [-0.25, -0.2) is 17.6 Å². The molecule has 0 bridgehead atoms. The van der Waals surface area contributed by atoms with Crippen LogP contribution in [-0.4, -0.2) is 12.7 Å². The molecule has 0 aliphatic rings.